The quantitative estimate of drug-likeness (QED) is 0.653. The van der Waals surface area contributed by atoms with Gasteiger partial charge in [0.15, 0.2) is 5.03 Å². The Morgan fingerprint density at radius 3 is 3.05 bits per heavy atom. The molecule has 1 aromatic rings. The molecule has 0 amide bonds. The molecule has 7 nitrogen and oxygen atoms in total. The molecule has 1 aliphatic rings. The molecule has 0 radical (unpaired) electrons. The number of nitrogens with one attached hydrogen (secondary N) is 2. The van der Waals surface area contributed by atoms with E-state index in [0.717, 1.165) is 26.1 Å². The predicted molar refractivity (Wildman–Crippen MR) is 71.9 cm³/mol. The average molecular weight is 287 g/mol. The Hall–Kier alpha value is -0.960. The van der Waals surface area contributed by atoms with Gasteiger partial charge in [-0.3, -0.25) is 5.10 Å². The molecule has 108 valence electrons. The van der Waals surface area contributed by atoms with Gasteiger partial charge in [-0.25, -0.2) is 13.1 Å². The Labute approximate surface area is 113 Å². The van der Waals surface area contributed by atoms with Crippen LogP contribution in [0.15, 0.2) is 11.2 Å². The maximum atomic E-state index is 12.1. The third-order valence-electron chi connectivity index (χ3n) is 3.55. The molecule has 2 heterocycles. The van der Waals surface area contributed by atoms with Crippen molar-refractivity contribution in [2.24, 2.45) is 11.7 Å². The van der Waals surface area contributed by atoms with Crippen molar-refractivity contribution in [1.29, 1.82) is 0 Å². The Morgan fingerprint density at radius 1 is 1.63 bits per heavy atom. The van der Waals surface area contributed by atoms with Crippen LogP contribution >= 0.6 is 0 Å². The molecule has 1 aliphatic heterocycles. The van der Waals surface area contributed by atoms with Gasteiger partial charge in [0, 0.05) is 25.2 Å². The van der Waals surface area contributed by atoms with E-state index in [-0.39, 0.29) is 11.6 Å². The van der Waals surface area contributed by atoms with Crippen molar-refractivity contribution in [3.63, 3.8) is 0 Å². The molecule has 1 aromatic heterocycles. The number of nitrogens with two attached hydrogens (primary N) is 1. The summed E-state index contributed by atoms with van der Waals surface area (Å²) in [5.41, 5.74) is 6.00. The Morgan fingerprint density at radius 2 is 2.42 bits per heavy atom. The van der Waals surface area contributed by atoms with Crippen LogP contribution in [0.1, 0.15) is 18.9 Å². The number of hydrogen-bond acceptors (Lipinski definition) is 5. The number of hydrogen-bond donors (Lipinski definition) is 3. The first-order chi connectivity index (χ1) is 9.06. The van der Waals surface area contributed by atoms with Gasteiger partial charge >= 0.3 is 0 Å². The summed E-state index contributed by atoms with van der Waals surface area (Å²) in [5.74, 6) is 0.374. The first-order valence-corrected chi connectivity index (χ1v) is 7.99. The van der Waals surface area contributed by atoms with Crippen molar-refractivity contribution in [3.8, 4) is 0 Å². The molecule has 1 fully saturated rings. The van der Waals surface area contributed by atoms with E-state index in [9.17, 15) is 8.42 Å². The number of rotatable bonds is 6. The highest BCUT2D eigenvalue weighted by Crippen LogP contribution is 2.16. The predicted octanol–water partition coefficient (Wildman–Crippen LogP) is -0.511. The number of likely N-dealkylation sites (tertiary alicyclic amines) is 1. The number of H-pyrrole nitrogens is 1. The van der Waals surface area contributed by atoms with Crippen molar-refractivity contribution < 1.29 is 8.42 Å². The lowest BCUT2D eigenvalue weighted by Gasteiger charge is -2.13. The molecule has 4 N–H and O–H groups in total. The fourth-order valence-electron chi connectivity index (χ4n) is 2.34. The van der Waals surface area contributed by atoms with Crippen LogP contribution in [-0.2, 0) is 16.6 Å². The summed E-state index contributed by atoms with van der Waals surface area (Å²) in [6, 6.07) is 0. The van der Waals surface area contributed by atoms with Crippen LogP contribution in [0.4, 0.5) is 0 Å². The third kappa shape index (κ3) is 3.33. The van der Waals surface area contributed by atoms with E-state index in [4.69, 9.17) is 5.73 Å². The van der Waals surface area contributed by atoms with Crippen molar-refractivity contribution in [3.05, 3.63) is 11.8 Å². The average Bonchev–Trinajstić information content (AvgIpc) is 3.05. The molecule has 19 heavy (non-hydrogen) atoms. The fourth-order valence-corrected chi connectivity index (χ4v) is 3.60. The van der Waals surface area contributed by atoms with Crippen LogP contribution in [0.2, 0.25) is 0 Å². The van der Waals surface area contributed by atoms with E-state index >= 15 is 0 Å². The van der Waals surface area contributed by atoms with Gasteiger partial charge in [0.1, 0.15) is 0 Å². The molecule has 0 aliphatic carbocycles. The third-order valence-corrected chi connectivity index (χ3v) is 4.98. The Balaban J connectivity index is 1.95. The molecule has 0 aromatic carbocycles. The maximum Gasteiger partial charge on any atom is 0.257 e. The number of aromatic amines is 1. The number of aromatic nitrogens is 2. The van der Waals surface area contributed by atoms with Crippen molar-refractivity contribution in [2.75, 3.05) is 26.2 Å². The van der Waals surface area contributed by atoms with E-state index < -0.39 is 10.0 Å². The van der Waals surface area contributed by atoms with Gasteiger partial charge in [0.25, 0.3) is 10.0 Å². The zero-order chi connectivity index (χ0) is 13.9. The number of nitrogens with zero attached hydrogens (tertiary/aromatic N) is 2. The largest absolute Gasteiger partial charge is 0.326 e. The van der Waals surface area contributed by atoms with Crippen LogP contribution < -0.4 is 10.5 Å². The SMILES string of the molecule is CCN1CCC(CNS(=O)(=O)c2[nH]ncc2CN)C1. The molecule has 2 rings (SSSR count). The molecule has 1 saturated heterocycles. The molecule has 0 spiro atoms. The lowest BCUT2D eigenvalue weighted by Crippen LogP contribution is -2.32. The molecule has 0 bridgehead atoms. The van der Waals surface area contributed by atoms with Crippen LogP contribution in [0, 0.1) is 5.92 Å². The summed E-state index contributed by atoms with van der Waals surface area (Å²) in [6.45, 7) is 5.74. The zero-order valence-corrected chi connectivity index (χ0v) is 11.9. The zero-order valence-electron chi connectivity index (χ0n) is 11.1. The summed E-state index contributed by atoms with van der Waals surface area (Å²) in [7, 11) is -3.54. The molecule has 8 heteroatoms. The highest BCUT2D eigenvalue weighted by Gasteiger charge is 2.25. The van der Waals surface area contributed by atoms with Gasteiger partial charge in [-0.2, -0.15) is 5.10 Å². The van der Waals surface area contributed by atoms with Crippen molar-refractivity contribution in [1.82, 2.24) is 19.8 Å². The Kier molecular flexibility index (Phi) is 4.56. The molecular weight excluding hydrogens is 266 g/mol. The molecule has 0 saturated carbocycles. The summed E-state index contributed by atoms with van der Waals surface area (Å²) in [6.07, 6.45) is 2.48. The highest BCUT2D eigenvalue weighted by molar-refractivity contribution is 7.89. The van der Waals surface area contributed by atoms with Crippen LogP contribution in [0.5, 0.6) is 0 Å². The minimum absolute atomic E-state index is 0.0837. The van der Waals surface area contributed by atoms with Crippen LogP contribution in [0.25, 0.3) is 0 Å². The van der Waals surface area contributed by atoms with Gasteiger partial charge in [-0.1, -0.05) is 6.92 Å². The van der Waals surface area contributed by atoms with E-state index in [1.165, 1.54) is 6.20 Å². The second-order valence-electron chi connectivity index (χ2n) is 4.83. The lowest BCUT2D eigenvalue weighted by molar-refractivity contribution is 0.342. The molecule has 1 unspecified atom stereocenters. The van der Waals surface area contributed by atoms with Crippen LogP contribution in [0.3, 0.4) is 0 Å². The van der Waals surface area contributed by atoms with Gasteiger partial charge in [0.05, 0.1) is 6.20 Å². The van der Waals surface area contributed by atoms with Gasteiger partial charge in [0.2, 0.25) is 0 Å². The summed E-state index contributed by atoms with van der Waals surface area (Å²) in [5, 5.41) is 6.32. The second-order valence-corrected chi connectivity index (χ2v) is 6.53. The second kappa shape index (κ2) is 6.00. The van der Waals surface area contributed by atoms with E-state index in [0.29, 0.717) is 18.0 Å². The molecular formula is C11H21N5O2S. The fraction of sp³-hybridized carbons (Fsp3) is 0.727. The maximum absolute atomic E-state index is 12.1. The van der Waals surface area contributed by atoms with Crippen LogP contribution in [-0.4, -0.2) is 49.7 Å². The number of sulfonamides is 1. The monoisotopic (exact) mass is 287 g/mol. The van der Waals surface area contributed by atoms with Crippen molar-refractivity contribution >= 4 is 10.0 Å². The van der Waals surface area contributed by atoms with Crippen molar-refractivity contribution in [2.45, 2.75) is 24.9 Å². The summed E-state index contributed by atoms with van der Waals surface area (Å²) >= 11 is 0. The normalized spacial score (nSPS) is 21.1. The van der Waals surface area contributed by atoms with Gasteiger partial charge in [-0.15, -0.1) is 0 Å². The van der Waals surface area contributed by atoms with E-state index in [2.05, 4.69) is 26.7 Å². The van der Waals surface area contributed by atoms with Gasteiger partial charge < -0.3 is 10.6 Å². The molecule has 1 atom stereocenters. The van der Waals surface area contributed by atoms with E-state index in [1.807, 2.05) is 0 Å². The first-order valence-electron chi connectivity index (χ1n) is 6.51. The minimum atomic E-state index is -3.54. The Bertz CT molecular complexity index is 513. The van der Waals surface area contributed by atoms with E-state index in [1.54, 1.807) is 0 Å². The van der Waals surface area contributed by atoms with Gasteiger partial charge in [-0.05, 0) is 25.4 Å². The minimum Gasteiger partial charge on any atom is -0.326 e. The smallest absolute Gasteiger partial charge is 0.257 e. The first kappa shape index (κ1) is 14.4. The lowest BCUT2D eigenvalue weighted by atomic mass is 10.1. The highest BCUT2D eigenvalue weighted by atomic mass is 32.2. The topological polar surface area (TPSA) is 104 Å². The standard InChI is InChI=1S/C11H21N5O2S/c1-2-16-4-3-9(8-16)6-14-19(17,18)11-10(5-12)7-13-15-11/h7,9,14H,2-6,8,12H2,1H3,(H,13,15). The summed E-state index contributed by atoms with van der Waals surface area (Å²) in [4.78, 5) is 2.32. The summed E-state index contributed by atoms with van der Waals surface area (Å²) < 4.78 is 26.9.